The van der Waals surface area contributed by atoms with Crippen molar-refractivity contribution in [2.45, 2.75) is 5.14 Å². The van der Waals surface area contributed by atoms with Gasteiger partial charge in [-0.15, -0.1) is 0 Å². The van der Waals surface area contributed by atoms with E-state index in [1.807, 2.05) is 158 Å². The van der Waals surface area contributed by atoms with E-state index in [0.29, 0.717) is 21.2 Å². The fraction of sp³-hybridized carbons (Fsp3) is 0.0526. The molecule has 6 aromatic rings. The monoisotopic (exact) mass is 742 g/mol. The number of hydrogen-bond donors (Lipinski definition) is 0. The molecule has 0 saturated heterocycles. The zero-order valence-corrected chi connectivity index (χ0v) is 29.3. The van der Waals surface area contributed by atoms with Crippen LogP contribution in [-0.2, 0) is 9.13 Å². The van der Waals surface area contributed by atoms with Crippen LogP contribution in [0.25, 0.3) is 0 Å². The minimum atomic E-state index is -3.73. The number of halogens is 1. The first-order valence-corrected chi connectivity index (χ1v) is 23.7. The van der Waals surface area contributed by atoms with Crippen LogP contribution in [0.15, 0.2) is 182 Å². The van der Waals surface area contributed by atoms with E-state index in [-0.39, 0.29) is 0 Å². The zero-order valence-electron chi connectivity index (χ0n) is 24.4. The second-order valence-electron chi connectivity index (χ2n) is 11.2. The van der Waals surface area contributed by atoms with E-state index in [1.54, 1.807) is 0 Å². The maximum absolute atomic E-state index is 17.0. The number of benzene rings is 6. The Morgan fingerprint density at radius 1 is 0.409 bits per heavy atom. The molecule has 0 amide bonds. The summed E-state index contributed by atoms with van der Waals surface area (Å²) >= 11 is 2.65. The summed E-state index contributed by atoms with van der Waals surface area (Å²) in [7, 11) is -7.43. The van der Waals surface area contributed by atoms with E-state index in [4.69, 9.17) is 0 Å². The summed E-state index contributed by atoms with van der Waals surface area (Å²) in [4.78, 5) is 0. The Hall–Kier alpha value is -3.06. The molecule has 0 aliphatic rings. The third kappa shape index (κ3) is 5.09. The van der Waals surface area contributed by atoms with Gasteiger partial charge in [-0.25, -0.2) is 0 Å². The van der Waals surface area contributed by atoms with Crippen LogP contribution < -0.4 is 31.8 Å². The average Bonchev–Trinajstić information content (AvgIpc) is 3.10. The molecule has 6 heteroatoms. The molecule has 6 aromatic carbocycles. The molecule has 0 unspecified atom stereocenters. The average molecular weight is 743 g/mol. The van der Waals surface area contributed by atoms with Gasteiger partial charge in [-0.05, 0) is 0 Å². The predicted octanol–water partition coefficient (Wildman–Crippen LogP) is 8.48. The first kappa shape index (κ1) is 30.9. The quantitative estimate of drug-likeness (QED) is 0.110. The summed E-state index contributed by atoms with van der Waals surface area (Å²) in [6, 6.07) is 59.9. The van der Waals surface area contributed by atoms with Crippen LogP contribution in [0.3, 0.4) is 0 Å². The van der Waals surface area contributed by atoms with Crippen molar-refractivity contribution in [2.24, 2.45) is 0 Å². The molecule has 0 spiro atoms. The van der Waals surface area contributed by atoms with Crippen molar-refractivity contribution in [3.05, 3.63) is 182 Å². The fourth-order valence-electron chi connectivity index (χ4n) is 6.44. The maximum atomic E-state index is 17.0. The third-order valence-corrected chi connectivity index (χ3v) is 33.4. The summed E-state index contributed by atoms with van der Waals surface area (Å²) in [5.74, 6) is 0. The molecule has 0 heterocycles. The molecule has 0 N–H and O–H groups in total. The van der Waals surface area contributed by atoms with Crippen LogP contribution in [0.5, 0.6) is 0 Å². The van der Waals surface area contributed by atoms with Crippen molar-refractivity contribution < 1.29 is 9.13 Å². The van der Waals surface area contributed by atoms with Crippen LogP contribution in [0, 0.1) is 0 Å². The second kappa shape index (κ2) is 12.4. The van der Waals surface area contributed by atoms with Crippen molar-refractivity contribution in [1.29, 1.82) is 0 Å². The molecule has 6 rings (SSSR count). The van der Waals surface area contributed by atoms with Gasteiger partial charge in [0.2, 0.25) is 0 Å². The molecule has 0 saturated carbocycles. The second-order valence-corrected chi connectivity index (χ2v) is 30.2. The third-order valence-electron chi connectivity index (χ3n) is 8.54. The van der Waals surface area contributed by atoms with E-state index in [9.17, 15) is 0 Å². The van der Waals surface area contributed by atoms with Gasteiger partial charge in [-0.1, -0.05) is 0 Å². The Kier molecular flexibility index (Phi) is 8.71. The summed E-state index contributed by atoms with van der Waals surface area (Å²) in [5, 5.41) is 4.17. The van der Waals surface area contributed by atoms with E-state index in [1.165, 1.54) is 0 Å². The first-order valence-electron chi connectivity index (χ1n) is 14.6. The van der Waals surface area contributed by atoms with Gasteiger partial charge in [0.25, 0.3) is 0 Å². The van der Waals surface area contributed by atoms with E-state index in [2.05, 4.69) is 53.0 Å². The van der Waals surface area contributed by atoms with Crippen LogP contribution in [0.1, 0.15) is 0 Å². The molecule has 0 bridgehead atoms. The van der Waals surface area contributed by atoms with Gasteiger partial charge in [0, 0.05) is 0 Å². The summed E-state index contributed by atoms with van der Waals surface area (Å²) in [5.41, 5.74) is 0. The molecule has 220 valence electrons. The van der Waals surface area contributed by atoms with Gasteiger partial charge < -0.3 is 0 Å². The standard InChI is InChI=1S/C38H34IO2P3/c1-44(39,36-28-16-6-17-29-36,37-30-18-7-19-31-37)38(42(40,32-20-8-2-9-21-32)33-22-10-3-11-23-33)43(41,34-24-12-4-13-25-34)35-26-14-5-15-27-35/h2-31,38H,1H3. The van der Waals surface area contributed by atoms with E-state index < -0.39 is 23.7 Å². The van der Waals surface area contributed by atoms with Gasteiger partial charge in [-0.2, -0.15) is 0 Å². The molecule has 0 fully saturated rings. The Morgan fingerprint density at radius 3 is 0.841 bits per heavy atom. The van der Waals surface area contributed by atoms with E-state index >= 15 is 9.13 Å². The van der Waals surface area contributed by atoms with Crippen molar-refractivity contribution in [3.8, 4) is 0 Å². The number of rotatable bonds is 9. The Balaban J connectivity index is 1.89. The van der Waals surface area contributed by atoms with Crippen molar-refractivity contribution in [2.75, 3.05) is 6.66 Å². The predicted molar refractivity (Wildman–Crippen MR) is 202 cm³/mol. The summed E-state index contributed by atoms with van der Waals surface area (Å²) < 4.78 is 30.2. The van der Waals surface area contributed by atoms with E-state index in [0.717, 1.165) is 10.6 Å². The van der Waals surface area contributed by atoms with Crippen molar-refractivity contribution in [1.82, 2.24) is 0 Å². The Bertz CT molecular complexity index is 1710. The minimum absolute atomic E-state index is 0.711. The van der Waals surface area contributed by atoms with Crippen molar-refractivity contribution in [3.63, 3.8) is 0 Å². The van der Waals surface area contributed by atoms with Crippen LogP contribution in [0.2, 0.25) is 0 Å². The van der Waals surface area contributed by atoms with Gasteiger partial charge in [0.15, 0.2) is 0 Å². The molecular formula is C38H34IO2P3. The van der Waals surface area contributed by atoms with Gasteiger partial charge in [0.05, 0.1) is 0 Å². The Labute approximate surface area is 273 Å². The first-order chi connectivity index (χ1) is 21.3. The van der Waals surface area contributed by atoms with Crippen LogP contribution in [-0.4, -0.2) is 11.8 Å². The molecular weight excluding hydrogens is 708 g/mol. The van der Waals surface area contributed by atoms with Crippen LogP contribution in [0.4, 0.5) is 0 Å². The van der Waals surface area contributed by atoms with Gasteiger partial charge >= 0.3 is 275 Å². The SMILES string of the molecule is CP(I)(c1ccccc1)(c1ccccc1)C(P(=O)(c1ccccc1)c1ccccc1)P(=O)(c1ccccc1)c1ccccc1. The topological polar surface area (TPSA) is 34.1 Å². The molecule has 0 radical (unpaired) electrons. The van der Waals surface area contributed by atoms with Crippen molar-refractivity contribution >= 4 is 72.4 Å². The molecule has 0 aromatic heterocycles. The molecule has 44 heavy (non-hydrogen) atoms. The Morgan fingerprint density at radius 2 is 0.614 bits per heavy atom. The molecule has 0 aliphatic carbocycles. The summed E-state index contributed by atoms with van der Waals surface area (Å²) in [6.07, 6.45) is 0. The normalized spacial score (nSPS) is 13.2. The fourth-order valence-corrected chi connectivity index (χ4v) is 34.3. The van der Waals surface area contributed by atoms with Gasteiger partial charge in [-0.3, -0.25) is 0 Å². The molecule has 0 aliphatic heterocycles. The molecule has 2 nitrogen and oxygen atoms in total. The molecule has 0 atom stereocenters. The number of hydrogen-bond acceptors (Lipinski definition) is 2. The van der Waals surface area contributed by atoms with Gasteiger partial charge in [0.1, 0.15) is 0 Å². The zero-order chi connectivity index (χ0) is 30.7. The van der Waals surface area contributed by atoms with Crippen LogP contribution >= 0.6 is 40.6 Å². The summed E-state index contributed by atoms with van der Waals surface area (Å²) in [6.45, 7) is 2.28.